The van der Waals surface area contributed by atoms with Crippen molar-refractivity contribution in [1.29, 1.82) is 0 Å². The Morgan fingerprint density at radius 2 is 2.20 bits per heavy atom. The average Bonchev–Trinajstić information content (AvgIpc) is 2.25. The summed E-state index contributed by atoms with van der Waals surface area (Å²) < 4.78 is 16.2. The molecule has 0 spiro atoms. The highest BCUT2D eigenvalue weighted by Crippen LogP contribution is 2.27. The van der Waals surface area contributed by atoms with Crippen LogP contribution in [0.2, 0.25) is 0 Å². The first-order chi connectivity index (χ1) is 7.13. The van der Waals surface area contributed by atoms with Gasteiger partial charge in [-0.05, 0) is 18.8 Å². The van der Waals surface area contributed by atoms with Gasteiger partial charge >= 0.3 is 5.97 Å². The van der Waals surface area contributed by atoms with Gasteiger partial charge in [-0.3, -0.25) is 4.21 Å². The van der Waals surface area contributed by atoms with Gasteiger partial charge in [0, 0.05) is 27.5 Å². The second kappa shape index (κ2) is 6.05. The molecule has 0 aliphatic heterocycles. The van der Waals surface area contributed by atoms with Crippen LogP contribution in [0, 0.1) is 5.92 Å². The van der Waals surface area contributed by atoms with Gasteiger partial charge in [0.05, 0.1) is 7.11 Å². The van der Waals surface area contributed by atoms with Crippen molar-refractivity contribution >= 4 is 16.8 Å². The summed E-state index contributed by atoms with van der Waals surface area (Å²) in [6.45, 7) is 2.19. The largest absolute Gasteiger partial charge is 0.466 e. The molecule has 0 saturated heterocycles. The molecule has 0 N–H and O–H groups in total. The van der Waals surface area contributed by atoms with Crippen LogP contribution in [0.1, 0.15) is 32.6 Å². The van der Waals surface area contributed by atoms with Gasteiger partial charge in [0.15, 0.2) is 0 Å². The number of hydrogen-bond donors (Lipinski definition) is 0. The standard InChI is InChI=1S/C11H18O3S/c1-9-4-3-5-10(8-9)15(13)7-6-11(12)14-2/h6-7,9-10H,3-5,8H2,1-2H3/b7-6+. The lowest BCUT2D eigenvalue weighted by Crippen LogP contribution is -2.21. The van der Waals surface area contributed by atoms with Crippen molar-refractivity contribution < 1.29 is 13.7 Å². The van der Waals surface area contributed by atoms with Crippen LogP contribution in [0.4, 0.5) is 0 Å². The first kappa shape index (κ1) is 12.4. The SMILES string of the molecule is COC(=O)/C=C/S(=O)C1CCCC(C)C1. The Kier molecular flexibility index (Phi) is 5.02. The summed E-state index contributed by atoms with van der Waals surface area (Å²) in [5.41, 5.74) is 0. The second-order valence-electron chi connectivity index (χ2n) is 4.05. The van der Waals surface area contributed by atoms with Crippen molar-refractivity contribution in [2.45, 2.75) is 37.9 Å². The first-order valence-corrected chi connectivity index (χ1v) is 6.56. The number of carbonyl (C=O) groups is 1. The molecule has 1 aliphatic carbocycles. The number of carbonyl (C=O) groups excluding carboxylic acids is 1. The number of hydrogen-bond acceptors (Lipinski definition) is 3. The fourth-order valence-corrected chi connectivity index (χ4v) is 3.28. The molecule has 4 heteroatoms. The monoisotopic (exact) mass is 230 g/mol. The molecule has 1 fully saturated rings. The fraction of sp³-hybridized carbons (Fsp3) is 0.727. The van der Waals surface area contributed by atoms with Crippen molar-refractivity contribution in [3.05, 3.63) is 11.5 Å². The minimum absolute atomic E-state index is 0.217. The Morgan fingerprint density at radius 1 is 1.47 bits per heavy atom. The van der Waals surface area contributed by atoms with Crippen molar-refractivity contribution in [1.82, 2.24) is 0 Å². The fourth-order valence-electron chi connectivity index (χ4n) is 1.89. The summed E-state index contributed by atoms with van der Waals surface area (Å²) >= 11 is 0. The van der Waals surface area contributed by atoms with E-state index in [1.54, 1.807) is 0 Å². The zero-order valence-electron chi connectivity index (χ0n) is 9.27. The molecular formula is C11H18O3S. The Hall–Kier alpha value is -0.640. The summed E-state index contributed by atoms with van der Waals surface area (Å²) in [7, 11) is 0.287. The molecule has 3 unspecified atom stereocenters. The molecule has 86 valence electrons. The Labute approximate surface area is 93.3 Å². The van der Waals surface area contributed by atoms with Crippen LogP contribution in [-0.4, -0.2) is 22.5 Å². The van der Waals surface area contributed by atoms with Gasteiger partial charge in [-0.2, -0.15) is 0 Å². The molecule has 3 nitrogen and oxygen atoms in total. The van der Waals surface area contributed by atoms with Crippen LogP contribution in [0.5, 0.6) is 0 Å². The minimum atomic E-state index is -1.03. The van der Waals surface area contributed by atoms with Gasteiger partial charge in [-0.25, -0.2) is 4.79 Å². The molecule has 0 aromatic rings. The molecule has 1 aliphatic rings. The summed E-state index contributed by atoms with van der Waals surface area (Å²) in [5, 5.41) is 1.68. The molecule has 0 heterocycles. The maximum absolute atomic E-state index is 11.8. The summed E-state index contributed by atoms with van der Waals surface area (Å²) in [4.78, 5) is 10.8. The predicted molar refractivity (Wildman–Crippen MR) is 60.7 cm³/mol. The normalized spacial score (nSPS) is 28.9. The Morgan fingerprint density at radius 3 is 2.80 bits per heavy atom. The van der Waals surface area contributed by atoms with Crippen molar-refractivity contribution in [2.24, 2.45) is 5.92 Å². The van der Waals surface area contributed by atoms with Crippen molar-refractivity contribution in [3.8, 4) is 0 Å². The van der Waals surface area contributed by atoms with E-state index in [0.717, 1.165) is 19.3 Å². The maximum atomic E-state index is 11.8. The van der Waals surface area contributed by atoms with E-state index in [1.807, 2.05) is 0 Å². The van der Waals surface area contributed by atoms with Crippen molar-refractivity contribution in [3.63, 3.8) is 0 Å². The molecule has 1 saturated carbocycles. The molecule has 15 heavy (non-hydrogen) atoms. The lowest BCUT2D eigenvalue weighted by atomic mass is 9.91. The van der Waals surface area contributed by atoms with E-state index in [-0.39, 0.29) is 5.25 Å². The Bertz CT molecular complexity index is 273. The zero-order chi connectivity index (χ0) is 11.3. The van der Waals surface area contributed by atoms with Gasteiger partial charge in [-0.15, -0.1) is 0 Å². The van der Waals surface area contributed by atoms with Crippen LogP contribution in [-0.2, 0) is 20.3 Å². The zero-order valence-corrected chi connectivity index (χ0v) is 10.1. The summed E-state index contributed by atoms with van der Waals surface area (Å²) in [5.74, 6) is 0.214. The smallest absolute Gasteiger partial charge is 0.331 e. The van der Waals surface area contributed by atoms with E-state index in [4.69, 9.17) is 0 Å². The number of rotatable bonds is 3. The van der Waals surface area contributed by atoms with Crippen LogP contribution < -0.4 is 0 Å². The molecule has 3 atom stereocenters. The van der Waals surface area contributed by atoms with Crippen molar-refractivity contribution in [2.75, 3.05) is 7.11 Å². The van der Waals surface area contributed by atoms with Gasteiger partial charge in [0.1, 0.15) is 0 Å². The van der Waals surface area contributed by atoms with E-state index in [9.17, 15) is 9.00 Å². The number of esters is 1. The summed E-state index contributed by atoms with van der Waals surface area (Å²) in [6, 6.07) is 0. The third-order valence-corrected chi connectivity index (χ3v) is 4.25. The highest BCUT2D eigenvalue weighted by molar-refractivity contribution is 7.88. The third kappa shape index (κ3) is 4.16. The molecule has 0 aromatic carbocycles. The van der Waals surface area contributed by atoms with E-state index in [0.29, 0.717) is 5.92 Å². The van der Waals surface area contributed by atoms with Gasteiger partial charge < -0.3 is 4.74 Å². The topological polar surface area (TPSA) is 43.4 Å². The number of methoxy groups -OCH3 is 1. The quantitative estimate of drug-likeness (QED) is 0.550. The molecular weight excluding hydrogens is 212 g/mol. The average molecular weight is 230 g/mol. The first-order valence-electron chi connectivity index (χ1n) is 5.29. The van der Waals surface area contributed by atoms with E-state index < -0.39 is 16.8 Å². The predicted octanol–water partition coefficient (Wildman–Crippen LogP) is 2.00. The molecule has 0 bridgehead atoms. The van der Waals surface area contributed by atoms with Crippen LogP contribution in [0.3, 0.4) is 0 Å². The minimum Gasteiger partial charge on any atom is -0.466 e. The Balaban J connectivity index is 2.46. The van der Waals surface area contributed by atoms with Crippen LogP contribution in [0.15, 0.2) is 11.5 Å². The van der Waals surface area contributed by atoms with Gasteiger partial charge in [0.25, 0.3) is 0 Å². The lowest BCUT2D eigenvalue weighted by molar-refractivity contribution is -0.134. The van der Waals surface area contributed by atoms with E-state index in [1.165, 1.54) is 25.0 Å². The molecule has 1 rings (SSSR count). The highest BCUT2D eigenvalue weighted by Gasteiger charge is 2.22. The van der Waals surface area contributed by atoms with Crippen LogP contribution >= 0.6 is 0 Å². The van der Waals surface area contributed by atoms with Gasteiger partial charge in [0.2, 0.25) is 0 Å². The van der Waals surface area contributed by atoms with E-state index >= 15 is 0 Å². The lowest BCUT2D eigenvalue weighted by Gasteiger charge is -2.24. The number of ether oxygens (including phenoxy) is 1. The third-order valence-electron chi connectivity index (χ3n) is 2.76. The molecule has 0 aromatic heterocycles. The molecule has 0 radical (unpaired) electrons. The summed E-state index contributed by atoms with van der Waals surface area (Å²) in [6.07, 6.45) is 5.63. The second-order valence-corrected chi connectivity index (χ2v) is 5.64. The van der Waals surface area contributed by atoms with E-state index in [2.05, 4.69) is 11.7 Å². The molecule has 0 amide bonds. The maximum Gasteiger partial charge on any atom is 0.331 e. The highest BCUT2D eigenvalue weighted by atomic mass is 32.2. The van der Waals surface area contributed by atoms with Crippen LogP contribution in [0.25, 0.3) is 0 Å². The van der Waals surface area contributed by atoms with Gasteiger partial charge in [-0.1, -0.05) is 19.8 Å².